The number of aromatic nitrogens is 2. The van der Waals surface area contributed by atoms with Crippen LogP contribution in [0.5, 0.6) is 0 Å². The zero-order chi connectivity index (χ0) is 15.4. The summed E-state index contributed by atoms with van der Waals surface area (Å²) in [6.45, 7) is 7.24. The van der Waals surface area contributed by atoms with Crippen molar-refractivity contribution in [3.05, 3.63) is 66.0 Å². The summed E-state index contributed by atoms with van der Waals surface area (Å²) in [5, 5.41) is 4.77. The van der Waals surface area contributed by atoms with E-state index < -0.39 is 0 Å². The lowest BCUT2D eigenvalue weighted by atomic mass is 10.2. The van der Waals surface area contributed by atoms with Crippen LogP contribution in [0.25, 0.3) is 11.0 Å². The van der Waals surface area contributed by atoms with Crippen LogP contribution in [-0.4, -0.2) is 16.1 Å². The fraction of sp³-hybridized carbons (Fsp3) is 0.316. The molecule has 0 aliphatic rings. The predicted octanol–water partition coefficient (Wildman–Crippen LogP) is 3.83. The third-order valence-electron chi connectivity index (χ3n) is 3.78. The van der Waals surface area contributed by atoms with Crippen LogP contribution < -0.4 is 5.32 Å². The number of hydrogen-bond donors (Lipinski definition) is 1. The summed E-state index contributed by atoms with van der Waals surface area (Å²) in [5.41, 5.74) is 3.68. The standard InChI is InChI=1S/C19H23N3/c1-15(2)11-20-12-17-14-22(13-16-7-4-3-5-8-16)19-18(17)9-6-10-21-19/h3-10,14-15,20H,11-13H2,1-2H3. The molecule has 0 amide bonds. The molecule has 3 heteroatoms. The van der Waals surface area contributed by atoms with Crippen molar-refractivity contribution in [3.63, 3.8) is 0 Å². The van der Waals surface area contributed by atoms with Crippen LogP contribution in [0.2, 0.25) is 0 Å². The van der Waals surface area contributed by atoms with Crippen molar-refractivity contribution in [1.29, 1.82) is 0 Å². The van der Waals surface area contributed by atoms with Crippen molar-refractivity contribution < 1.29 is 0 Å². The molecule has 0 fully saturated rings. The quantitative estimate of drug-likeness (QED) is 0.748. The third kappa shape index (κ3) is 3.37. The third-order valence-corrected chi connectivity index (χ3v) is 3.78. The Balaban J connectivity index is 1.87. The Bertz CT molecular complexity index is 729. The molecule has 0 aliphatic carbocycles. The Hall–Kier alpha value is -2.13. The van der Waals surface area contributed by atoms with Gasteiger partial charge < -0.3 is 9.88 Å². The zero-order valence-electron chi connectivity index (χ0n) is 13.3. The molecule has 3 rings (SSSR count). The normalized spacial score (nSPS) is 11.4. The summed E-state index contributed by atoms with van der Waals surface area (Å²) < 4.78 is 2.25. The van der Waals surface area contributed by atoms with E-state index >= 15 is 0 Å². The fourth-order valence-corrected chi connectivity index (χ4v) is 2.73. The highest BCUT2D eigenvalue weighted by molar-refractivity contribution is 5.80. The number of hydrogen-bond acceptors (Lipinski definition) is 2. The van der Waals surface area contributed by atoms with Gasteiger partial charge in [0.15, 0.2) is 0 Å². The molecule has 0 radical (unpaired) electrons. The molecule has 0 saturated carbocycles. The van der Waals surface area contributed by atoms with Crippen LogP contribution in [0.1, 0.15) is 25.0 Å². The lowest BCUT2D eigenvalue weighted by Crippen LogP contribution is -2.18. The van der Waals surface area contributed by atoms with E-state index in [-0.39, 0.29) is 0 Å². The van der Waals surface area contributed by atoms with E-state index in [0.717, 1.165) is 25.3 Å². The second-order valence-corrected chi connectivity index (χ2v) is 6.17. The number of fused-ring (bicyclic) bond motifs is 1. The number of nitrogens with zero attached hydrogens (tertiary/aromatic N) is 2. The first-order valence-corrected chi connectivity index (χ1v) is 7.91. The summed E-state index contributed by atoms with van der Waals surface area (Å²) in [6, 6.07) is 14.7. The minimum absolute atomic E-state index is 0.663. The van der Waals surface area contributed by atoms with Gasteiger partial charge in [0, 0.05) is 30.9 Å². The molecule has 0 unspecified atom stereocenters. The molecule has 3 aromatic rings. The molecule has 0 saturated heterocycles. The molecule has 0 bridgehead atoms. The molecule has 1 N–H and O–H groups in total. The molecular formula is C19H23N3. The Labute approximate surface area is 132 Å². The average molecular weight is 293 g/mol. The van der Waals surface area contributed by atoms with E-state index in [9.17, 15) is 0 Å². The number of nitrogens with one attached hydrogen (secondary N) is 1. The molecule has 1 aromatic carbocycles. The Kier molecular flexibility index (Phi) is 4.54. The van der Waals surface area contributed by atoms with Crippen LogP contribution in [0.4, 0.5) is 0 Å². The molecule has 0 atom stereocenters. The maximum Gasteiger partial charge on any atom is 0.140 e. The van der Waals surface area contributed by atoms with Gasteiger partial charge in [-0.05, 0) is 35.7 Å². The smallest absolute Gasteiger partial charge is 0.140 e. The van der Waals surface area contributed by atoms with E-state index in [1.807, 2.05) is 12.3 Å². The van der Waals surface area contributed by atoms with E-state index in [1.54, 1.807) is 0 Å². The van der Waals surface area contributed by atoms with Gasteiger partial charge in [0.1, 0.15) is 5.65 Å². The minimum Gasteiger partial charge on any atom is -0.328 e. The second kappa shape index (κ2) is 6.75. The van der Waals surface area contributed by atoms with Crippen molar-refractivity contribution in [1.82, 2.24) is 14.9 Å². The molecule has 0 spiro atoms. The average Bonchev–Trinajstić information content (AvgIpc) is 2.86. The van der Waals surface area contributed by atoms with E-state index in [0.29, 0.717) is 5.92 Å². The van der Waals surface area contributed by atoms with Crippen molar-refractivity contribution in [3.8, 4) is 0 Å². The Morgan fingerprint density at radius 3 is 2.68 bits per heavy atom. The Morgan fingerprint density at radius 2 is 1.91 bits per heavy atom. The largest absolute Gasteiger partial charge is 0.328 e. The number of pyridine rings is 1. The van der Waals surface area contributed by atoms with E-state index in [2.05, 4.69) is 71.3 Å². The maximum atomic E-state index is 4.58. The number of rotatable bonds is 6. The van der Waals surface area contributed by atoms with E-state index in [1.165, 1.54) is 16.5 Å². The van der Waals surface area contributed by atoms with Gasteiger partial charge in [0.05, 0.1) is 0 Å². The molecule has 114 valence electrons. The van der Waals surface area contributed by atoms with Gasteiger partial charge in [-0.1, -0.05) is 44.2 Å². The van der Waals surface area contributed by atoms with Crippen LogP contribution in [0.3, 0.4) is 0 Å². The highest BCUT2D eigenvalue weighted by Gasteiger charge is 2.09. The summed E-state index contributed by atoms with van der Waals surface area (Å²) >= 11 is 0. The zero-order valence-corrected chi connectivity index (χ0v) is 13.3. The summed E-state index contributed by atoms with van der Waals surface area (Å²) in [6.07, 6.45) is 4.10. The molecular weight excluding hydrogens is 270 g/mol. The first kappa shape index (κ1) is 14.8. The highest BCUT2D eigenvalue weighted by atomic mass is 15.0. The maximum absolute atomic E-state index is 4.58. The van der Waals surface area contributed by atoms with Gasteiger partial charge in [-0.25, -0.2) is 4.98 Å². The van der Waals surface area contributed by atoms with Crippen LogP contribution >= 0.6 is 0 Å². The van der Waals surface area contributed by atoms with Gasteiger partial charge in [0.2, 0.25) is 0 Å². The predicted molar refractivity (Wildman–Crippen MR) is 91.8 cm³/mol. The van der Waals surface area contributed by atoms with Crippen molar-refractivity contribution in [2.45, 2.75) is 26.9 Å². The molecule has 22 heavy (non-hydrogen) atoms. The van der Waals surface area contributed by atoms with Gasteiger partial charge in [-0.3, -0.25) is 0 Å². The topological polar surface area (TPSA) is 29.9 Å². The van der Waals surface area contributed by atoms with Crippen LogP contribution in [0.15, 0.2) is 54.9 Å². The molecule has 3 nitrogen and oxygen atoms in total. The first-order chi connectivity index (χ1) is 10.7. The van der Waals surface area contributed by atoms with Crippen molar-refractivity contribution in [2.75, 3.05) is 6.54 Å². The molecule has 2 heterocycles. The highest BCUT2D eigenvalue weighted by Crippen LogP contribution is 2.20. The van der Waals surface area contributed by atoms with Gasteiger partial charge in [-0.2, -0.15) is 0 Å². The SMILES string of the molecule is CC(C)CNCc1cn(Cc2ccccc2)c2ncccc12. The lowest BCUT2D eigenvalue weighted by molar-refractivity contribution is 0.553. The monoisotopic (exact) mass is 293 g/mol. The molecule has 2 aromatic heterocycles. The Morgan fingerprint density at radius 1 is 1.09 bits per heavy atom. The van der Waals surface area contributed by atoms with E-state index in [4.69, 9.17) is 0 Å². The van der Waals surface area contributed by atoms with Crippen LogP contribution in [-0.2, 0) is 13.1 Å². The number of benzene rings is 1. The molecule has 0 aliphatic heterocycles. The van der Waals surface area contributed by atoms with Crippen molar-refractivity contribution in [2.24, 2.45) is 5.92 Å². The van der Waals surface area contributed by atoms with Gasteiger partial charge in [-0.15, -0.1) is 0 Å². The summed E-state index contributed by atoms with van der Waals surface area (Å²) in [5.74, 6) is 0.663. The summed E-state index contributed by atoms with van der Waals surface area (Å²) in [7, 11) is 0. The van der Waals surface area contributed by atoms with Crippen LogP contribution in [0, 0.1) is 5.92 Å². The fourth-order valence-electron chi connectivity index (χ4n) is 2.73. The minimum atomic E-state index is 0.663. The van der Waals surface area contributed by atoms with Gasteiger partial charge >= 0.3 is 0 Å². The summed E-state index contributed by atoms with van der Waals surface area (Å²) in [4.78, 5) is 4.58. The first-order valence-electron chi connectivity index (χ1n) is 7.91. The lowest BCUT2D eigenvalue weighted by Gasteiger charge is -2.06. The second-order valence-electron chi connectivity index (χ2n) is 6.17. The van der Waals surface area contributed by atoms with Crippen molar-refractivity contribution >= 4 is 11.0 Å². The van der Waals surface area contributed by atoms with Gasteiger partial charge in [0.25, 0.3) is 0 Å².